The number of aromatic nitrogens is 2. The molecule has 0 atom stereocenters. The highest BCUT2D eigenvalue weighted by molar-refractivity contribution is 6.20. The van der Waals surface area contributed by atoms with Gasteiger partial charge in [-0.25, -0.2) is 15.0 Å². The normalized spacial score (nSPS) is 14.5. The first-order valence-electron chi connectivity index (χ1n) is 6.77. The van der Waals surface area contributed by atoms with Gasteiger partial charge in [-0.15, -0.1) is 0 Å². The summed E-state index contributed by atoms with van der Waals surface area (Å²) in [7, 11) is 0. The molecule has 0 aliphatic carbocycles. The van der Waals surface area contributed by atoms with E-state index in [1.165, 1.54) is 0 Å². The van der Waals surface area contributed by atoms with Crippen LogP contribution in [0.15, 0.2) is 58.1 Å². The number of nitrogens with zero attached hydrogens (tertiary/aromatic N) is 3. The van der Waals surface area contributed by atoms with Crippen molar-refractivity contribution in [1.29, 1.82) is 0 Å². The predicted octanol–water partition coefficient (Wildman–Crippen LogP) is 3.70. The molecule has 0 spiro atoms. The zero-order valence-electron chi connectivity index (χ0n) is 11.5. The van der Waals surface area contributed by atoms with Crippen LogP contribution < -0.4 is 0 Å². The Balaban J connectivity index is 1.75. The van der Waals surface area contributed by atoms with Crippen LogP contribution in [0.5, 0.6) is 5.95 Å². The van der Waals surface area contributed by atoms with Crippen LogP contribution in [0, 0.1) is 0 Å². The molecular weight excluding hydrogens is 278 g/mol. The number of rotatable bonds is 2. The molecule has 1 aliphatic heterocycles. The van der Waals surface area contributed by atoms with E-state index in [0.717, 1.165) is 16.7 Å². The van der Waals surface area contributed by atoms with Gasteiger partial charge in [0.2, 0.25) is 5.89 Å². The van der Waals surface area contributed by atoms with E-state index in [9.17, 15) is 5.11 Å². The Kier molecular flexibility index (Phi) is 2.83. The van der Waals surface area contributed by atoms with Gasteiger partial charge in [-0.1, -0.05) is 18.2 Å². The summed E-state index contributed by atoms with van der Waals surface area (Å²) >= 11 is 0. The lowest BCUT2D eigenvalue weighted by Crippen LogP contribution is -1.83. The van der Waals surface area contributed by atoms with Gasteiger partial charge < -0.3 is 9.52 Å². The number of hydrogen-bond acceptors (Lipinski definition) is 5. The number of hydrogen-bond donors (Lipinski definition) is 1. The molecule has 0 bridgehead atoms. The van der Waals surface area contributed by atoms with Crippen molar-refractivity contribution >= 4 is 23.7 Å². The van der Waals surface area contributed by atoms with Crippen LogP contribution in [-0.2, 0) is 0 Å². The van der Waals surface area contributed by atoms with Crippen LogP contribution in [0.1, 0.15) is 11.3 Å². The summed E-state index contributed by atoms with van der Waals surface area (Å²) < 4.78 is 5.34. The number of pyridine rings is 1. The van der Waals surface area contributed by atoms with E-state index in [4.69, 9.17) is 4.42 Å². The van der Waals surface area contributed by atoms with Crippen molar-refractivity contribution in [3.05, 3.63) is 59.9 Å². The number of allylic oxidation sites excluding steroid dienone is 1. The third-order valence-electron chi connectivity index (χ3n) is 3.37. The Morgan fingerprint density at radius 3 is 2.77 bits per heavy atom. The molecule has 1 aliphatic rings. The van der Waals surface area contributed by atoms with E-state index in [2.05, 4.69) is 15.0 Å². The average molecular weight is 289 g/mol. The molecular formula is C17H11N3O2. The van der Waals surface area contributed by atoms with Gasteiger partial charge in [0.05, 0.1) is 0 Å². The van der Waals surface area contributed by atoms with Crippen molar-refractivity contribution < 1.29 is 9.52 Å². The fourth-order valence-electron chi connectivity index (χ4n) is 2.31. The summed E-state index contributed by atoms with van der Waals surface area (Å²) in [6.45, 7) is 0. The lowest BCUT2D eigenvalue weighted by Gasteiger charge is -1.96. The molecule has 5 nitrogen and oxygen atoms in total. The third-order valence-corrected chi connectivity index (χ3v) is 3.37. The molecule has 0 radical (unpaired) electrons. The van der Waals surface area contributed by atoms with Crippen LogP contribution >= 0.6 is 0 Å². The zero-order chi connectivity index (χ0) is 14.9. The van der Waals surface area contributed by atoms with Gasteiger partial charge in [-0.3, -0.25) is 0 Å². The number of oxazole rings is 1. The van der Waals surface area contributed by atoms with Gasteiger partial charge in [0, 0.05) is 29.1 Å². The van der Waals surface area contributed by atoms with Crippen molar-refractivity contribution in [3.63, 3.8) is 0 Å². The lowest BCUT2D eigenvalue weighted by atomic mass is 10.1. The first kappa shape index (κ1) is 12.5. The van der Waals surface area contributed by atoms with Gasteiger partial charge >= 0.3 is 5.95 Å². The van der Waals surface area contributed by atoms with Crippen LogP contribution in [0.2, 0.25) is 0 Å². The van der Waals surface area contributed by atoms with Crippen LogP contribution in [0.4, 0.5) is 5.82 Å². The maximum Gasteiger partial charge on any atom is 0.310 e. The molecule has 3 aromatic rings. The highest BCUT2D eigenvalue weighted by atomic mass is 16.5. The maximum absolute atomic E-state index is 9.97. The summed E-state index contributed by atoms with van der Waals surface area (Å²) in [5.41, 5.74) is 2.93. The van der Waals surface area contributed by atoms with E-state index < -0.39 is 0 Å². The second-order valence-electron chi connectivity index (χ2n) is 4.81. The number of fused-ring (bicyclic) bond motifs is 1. The van der Waals surface area contributed by atoms with Crippen molar-refractivity contribution in [2.45, 2.75) is 0 Å². The quantitative estimate of drug-likeness (QED) is 0.780. The van der Waals surface area contributed by atoms with E-state index in [1.807, 2.05) is 42.5 Å². The molecule has 1 N–H and O–H groups in total. The molecule has 22 heavy (non-hydrogen) atoms. The van der Waals surface area contributed by atoms with E-state index in [1.54, 1.807) is 18.5 Å². The Bertz CT molecular complexity index is 895. The molecule has 2 aromatic heterocycles. The van der Waals surface area contributed by atoms with Crippen LogP contribution in [0.3, 0.4) is 0 Å². The minimum Gasteiger partial charge on any atom is -0.479 e. The summed E-state index contributed by atoms with van der Waals surface area (Å²) in [6, 6.07) is 13.2. The van der Waals surface area contributed by atoms with Crippen molar-refractivity contribution in [2.75, 3.05) is 0 Å². The first-order chi connectivity index (χ1) is 10.8. The number of aromatic hydroxyl groups is 1. The molecule has 0 fully saturated rings. The van der Waals surface area contributed by atoms with Crippen LogP contribution in [0.25, 0.3) is 23.1 Å². The Morgan fingerprint density at radius 1 is 1.05 bits per heavy atom. The summed E-state index contributed by atoms with van der Waals surface area (Å²) in [4.78, 5) is 12.7. The maximum atomic E-state index is 9.97. The monoisotopic (exact) mass is 289 g/mol. The van der Waals surface area contributed by atoms with Gasteiger partial charge in [-0.05, 0) is 30.3 Å². The predicted molar refractivity (Wildman–Crippen MR) is 83.9 cm³/mol. The molecule has 5 heteroatoms. The number of aliphatic imine (C=N–C) groups is 1. The minimum atomic E-state index is -0.211. The van der Waals surface area contributed by atoms with Crippen LogP contribution in [-0.4, -0.2) is 21.3 Å². The van der Waals surface area contributed by atoms with E-state index >= 15 is 0 Å². The average Bonchev–Trinajstić information content (AvgIpc) is 3.13. The standard InChI is InChI=1S/C17H11N3O2/c21-17-14(20-16(22-17)11-5-2-1-3-6-11)9-12-10-19-15-13(12)7-4-8-18-15/h1-10,21H. The van der Waals surface area contributed by atoms with E-state index in [0.29, 0.717) is 17.4 Å². The zero-order valence-corrected chi connectivity index (χ0v) is 11.5. The molecule has 0 saturated heterocycles. The number of benzene rings is 1. The van der Waals surface area contributed by atoms with Gasteiger partial charge in [0.1, 0.15) is 5.69 Å². The Hall–Kier alpha value is -3.21. The highest BCUT2D eigenvalue weighted by Gasteiger charge is 2.16. The third kappa shape index (κ3) is 2.09. The smallest absolute Gasteiger partial charge is 0.310 e. The first-order valence-corrected chi connectivity index (χ1v) is 6.77. The summed E-state index contributed by atoms with van der Waals surface area (Å²) in [5, 5.41) is 9.97. The summed E-state index contributed by atoms with van der Waals surface area (Å²) in [5.74, 6) is 0.836. The van der Waals surface area contributed by atoms with Gasteiger partial charge in [0.15, 0.2) is 5.82 Å². The largest absolute Gasteiger partial charge is 0.479 e. The molecule has 106 valence electrons. The summed E-state index contributed by atoms with van der Waals surface area (Å²) in [6.07, 6.45) is 5.14. The Labute approximate surface area is 126 Å². The van der Waals surface area contributed by atoms with E-state index in [-0.39, 0.29) is 5.95 Å². The molecule has 4 rings (SSSR count). The molecule has 0 saturated carbocycles. The second-order valence-corrected chi connectivity index (χ2v) is 4.81. The van der Waals surface area contributed by atoms with Crippen molar-refractivity contribution in [2.24, 2.45) is 4.99 Å². The van der Waals surface area contributed by atoms with Crippen molar-refractivity contribution in [3.8, 4) is 17.4 Å². The molecule has 0 amide bonds. The topological polar surface area (TPSA) is 71.5 Å². The second kappa shape index (κ2) is 4.96. The van der Waals surface area contributed by atoms with Gasteiger partial charge in [-0.2, -0.15) is 0 Å². The fourth-order valence-corrected chi connectivity index (χ4v) is 2.31. The SMILES string of the molecule is Oc1oc(-c2ccccc2)nc1C=C1C=Nc2ncccc21. The highest BCUT2D eigenvalue weighted by Crippen LogP contribution is 2.33. The van der Waals surface area contributed by atoms with Crippen molar-refractivity contribution in [1.82, 2.24) is 9.97 Å². The van der Waals surface area contributed by atoms with Gasteiger partial charge in [0.25, 0.3) is 0 Å². The lowest BCUT2D eigenvalue weighted by molar-refractivity contribution is 0.336. The molecule has 3 heterocycles. The Morgan fingerprint density at radius 2 is 1.91 bits per heavy atom. The molecule has 0 unspecified atom stereocenters. The fraction of sp³-hybridized carbons (Fsp3) is 0. The molecule has 1 aromatic carbocycles. The minimum absolute atomic E-state index is 0.211.